The molecule has 1 fully saturated rings. The second-order valence-corrected chi connectivity index (χ2v) is 10.7. The molecule has 2 aromatic carbocycles. The fourth-order valence-electron chi connectivity index (χ4n) is 5.14. The Morgan fingerprint density at radius 2 is 2.00 bits per heavy atom. The third-order valence-corrected chi connectivity index (χ3v) is 7.05. The Bertz CT molecular complexity index is 1090. The van der Waals surface area contributed by atoms with E-state index in [0.717, 1.165) is 0 Å². The molecule has 0 aliphatic carbocycles. The van der Waals surface area contributed by atoms with Crippen LogP contribution in [0.4, 0.5) is 10.1 Å². The molecular weight excluding hydrogens is 487 g/mol. The average molecular weight is 510 g/mol. The summed E-state index contributed by atoms with van der Waals surface area (Å²) >= 11 is 9.37. The van der Waals surface area contributed by atoms with Crippen molar-refractivity contribution in [3.05, 3.63) is 62.8 Å². The summed E-state index contributed by atoms with van der Waals surface area (Å²) in [7, 11) is 0. The third kappa shape index (κ3) is 3.47. The van der Waals surface area contributed by atoms with Gasteiger partial charge < -0.3 is 10.4 Å². The Labute approximate surface area is 193 Å². The van der Waals surface area contributed by atoms with Crippen LogP contribution in [0.3, 0.4) is 0 Å². The summed E-state index contributed by atoms with van der Waals surface area (Å²) in [4.78, 5) is 26.0. The standard InChI is InChI=1S/C23H23BrClFN2O3/c1-22(2,3)10-16-23(13-8-7-11(25)9-15(13)27-21(23)31)17(19(28-16)20(29)30)12-5-4-6-14(24)18(12)26/h4-9,16-17,19,28H,10H2,1-3H3,(H,27,31)(H,29,30). The summed E-state index contributed by atoms with van der Waals surface area (Å²) in [6, 6.07) is 8.17. The fraction of sp³-hybridized carbons (Fsp3) is 0.391. The molecule has 0 aromatic heterocycles. The summed E-state index contributed by atoms with van der Waals surface area (Å²) in [5.74, 6) is -3.00. The van der Waals surface area contributed by atoms with Crippen LogP contribution in [0, 0.1) is 11.2 Å². The molecule has 1 spiro atoms. The van der Waals surface area contributed by atoms with Gasteiger partial charge in [0.2, 0.25) is 5.91 Å². The highest BCUT2D eigenvalue weighted by atomic mass is 79.9. The number of nitrogens with one attached hydrogen (secondary N) is 2. The molecule has 0 bridgehead atoms. The highest BCUT2D eigenvalue weighted by molar-refractivity contribution is 9.10. The fourth-order valence-corrected chi connectivity index (χ4v) is 5.69. The van der Waals surface area contributed by atoms with E-state index in [-0.39, 0.29) is 21.4 Å². The molecule has 0 radical (unpaired) electrons. The van der Waals surface area contributed by atoms with Crippen molar-refractivity contribution in [3.63, 3.8) is 0 Å². The van der Waals surface area contributed by atoms with Crippen LogP contribution in [-0.2, 0) is 15.0 Å². The van der Waals surface area contributed by atoms with E-state index in [0.29, 0.717) is 22.7 Å². The minimum atomic E-state index is -1.31. The molecule has 2 aliphatic heterocycles. The van der Waals surface area contributed by atoms with Gasteiger partial charge in [0.05, 0.1) is 4.47 Å². The molecule has 1 saturated heterocycles. The first kappa shape index (κ1) is 22.2. The van der Waals surface area contributed by atoms with E-state index in [2.05, 4.69) is 26.6 Å². The molecule has 1 amide bonds. The Morgan fingerprint density at radius 1 is 1.29 bits per heavy atom. The molecule has 3 N–H and O–H groups in total. The zero-order valence-corrected chi connectivity index (χ0v) is 19.6. The summed E-state index contributed by atoms with van der Waals surface area (Å²) in [5, 5.41) is 16.6. The Morgan fingerprint density at radius 3 is 2.65 bits per heavy atom. The van der Waals surface area contributed by atoms with Gasteiger partial charge in [-0.15, -0.1) is 0 Å². The van der Waals surface area contributed by atoms with Crippen molar-refractivity contribution in [2.24, 2.45) is 5.41 Å². The van der Waals surface area contributed by atoms with Crippen LogP contribution in [0.1, 0.15) is 44.2 Å². The normalized spacial score (nSPS) is 27.4. The number of rotatable bonds is 3. The summed E-state index contributed by atoms with van der Waals surface area (Å²) in [5.41, 5.74) is -0.170. The van der Waals surface area contributed by atoms with Crippen molar-refractivity contribution < 1.29 is 19.1 Å². The van der Waals surface area contributed by atoms with E-state index in [4.69, 9.17) is 11.6 Å². The number of anilines is 1. The maximum atomic E-state index is 15.3. The second kappa shape index (κ2) is 7.57. The van der Waals surface area contributed by atoms with E-state index in [9.17, 15) is 14.7 Å². The lowest BCUT2D eigenvalue weighted by Gasteiger charge is -2.37. The number of hydrogen-bond donors (Lipinski definition) is 3. The summed E-state index contributed by atoms with van der Waals surface area (Å²) < 4.78 is 15.6. The number of carboxylic acid groups (broad SMARTS) is 1. The first-order valence-corrected chi connectivity index (χ1v) is 11.2. The number of carbonyl (C=O) groups excluding carboxylic acids is 1. The molecule has 164 valence electrons. The van der Waals surface area contributed by atoms with Crippen LogP contribution in [0.5, 0.6) is 0 Å². The van der Waals surface area contributed by atoms with E-state index in [1.54, 1.807) is 36.4 Å². The first-order valence-electron chi connectivity index (χ1n) is 10.0. The Hall–Kier alpha value is -1.96. The second-order valence-electron chi connectivity index (χ2n) is 9.43. The Kier molecular flexibility index (Phi) is 5.43. The molecule has 2 aliphatic rings. The van der Waals surface area contributed by atoms with Crippen LogP contribution in [0.15, 0.2) is 40.9 Å². The summed E-state index contributed by atoms with van der Waals surface area (Å²) in [6.07, 6.45) is 0.512. The van der Waals surface area contributed by atoms with Crippen molar-refractivity contribution in [1.29, 1.82) is 0 Å². The topological polar surface area (TPSA) is 78.4 Å². The van der Waals surface area contributed by atoms with Crippen LogP contribution in [0.25, 0.3) is 0 Å². The number of fused-ring (bicyclic) bond motifs is 2. The quantitative estimate of drug-likeness (QED) is 0.539. The van der Waals surface area contributed by atoms with Crippen molar-refractivity contribution in [2.45, 2.75) is 50.6 Å². The number of amides is 1. The molecule has 4 atom stereocenters. The van der Waals surface area contributed by atoms with Gasteiger partial charge in [-0.1, -0.05) is 50.6 Å². The lowest BCUT2D eigenvalue weighted by atomic mass is 9.62. The van der Waals surface area contributed by atoms with Crippen LogP contribution >= 0.6 is 27.5 Å². The maximum Gasteiger partial charge on any atom is 0.321 e. The average Bonchev–Trinajstić information content (AvgIpc) is 3.12. The highest BCUT2D eigenvalue weighted by Gasteiger charge is 2.66. The number of aliphatic carboxylic acids is 1. The molecule has 2 aromatic rings. The van der Waals surface area contributed by atoms with Gasteiger partial charge in [0.25, 0.3) is 0 Å². The van der Waals surface area contributed by atoms with Crippen LogP contribution < -0.4 is 10.6 Å². The molecule has 2 heterocycles. The monoisotopic (exact) mass is 508 g/mol. The van der Waals surface area contributed by atoms with Crippen LogP contribution in [-0.4, -0.2) is 29.1 Å². The van der Waals surface area contributed by atoms with Gasteiger partial charge in [-0.25, -0.2) is 4.39 Å². The lowest BCUT2D eigenvalue weighted by Crippen LogP contribution is -2.49. The smallest absolute Gasteiger partial charge is 0.321 e. The van der Waals surface area contributed by atoms with E-state index in [1.165, 1.54) is 0 Å². The minimum absolute atomic E-state index is 0.184. The predicted octanol–water partition coefficient (Wildman–Crippen LogP) is 5.08. The molecule has 4 rings (SSSR count). The number of carbonyl (C=O) groups is 2. The minimum Gasteiger partial charge on any atom is -0.480 e. The van der Waals surface area contributed by atoms with Gasteiger partial charge in [-0.2, -0.15) is 0 Å². The van der Waals surface area contributed by atoms with Gasteiger partial charge >= 0.3 is 5.97 Å². The van der Waals surface area contributed by atoms with Crippen molar-refractivity contribution >= 4 is 45.1 Å². The maximum absolute atomic E-state index is 15.3. The van der Waals surface area contributed by atoms with E-state index >= 15 is 4.39 Å². The van der Waals surface area contributed by atoms with E-state index in [1.807, 2.05) is 20.8 Å². The third-order valence-electron chi connectivity index (χ3n) is 6.20. The molecule has 31 heavy (non-hydrogen) atoms. The van der Waals surface area contributed by atoms with Crippen molar-refractivity contribution in [2.75, 3.05) is 5.32 Å². The van der Waals surface area contributed by atoms with Gasteiger partial charge in [-0.05, 0) is 57.1 Å². The number of benzene rings is 2. The zero-order chi connectivity index (χ0) is 22.7. The molecule has 5 nitrogen and oxygen atoms in total. The molecule has 4 unspecified atom stereocenters. The molecule has 0 saturated carbocycles. The number of hydrogen-bond acceptors (Lipinski definition) is 3. The van der Waals surface area contributed by atoms with Crippen molar-refractivity contribution in [3.8, 4) is 0 Å². The van der Waals surface area contributed by atoms with Crippen molar-refractivity contribution in [1.82, 2.24) is 5.32 Å². The molecule has 8 heteroatoms. The Balaban J connectivity index is 2.04. The first-order chi connectivity index (χ1) is 14.5. The largest absolute Gasteiger partial charge is 0.480 e. The van der Waals surface area contributed by atoms with Gasteiger partial charge in [0.15, 0.2) is 0 Å². The lowest BCUT2D eigenvalue weighted by molar-refractivity contribution is -0.139. The van der Waals surface area contributed by atoms with Gasteiger partial charge in [-0.3, -0.25) is 14.9 Å². The van der Waals surface area contributed by atoms with Crippen LogP contribution in [0.2, 0.25) is 5.02 Å². The summed E-state index contributed by atoms with van der Waals surface area (Å²) in [6.45, 7) is 6.09. The van der Waals surface area contributed by atoms with Gasteiger partial charge in [0, 0.05) is 22.7 Å². The zero-order valence-electron chi connectivity index (χ0n) is 17.3. The number of carboxylic acids is 1. The SMILES string of the molecule is CC(C)(C)CC1NC(C(=O)O)C(c2cccc(Br)c2F)C12C(=O)Nc1cc(Cl)ccc12. The van der Waals surface area contributed by atoms with E-state index < -0.39 is 35.2 Å². The van der Waals surface area contributed by atoms with Gasteiger partial charge in [0.1, 0.15) is 17.3 Å². The number of halogens is 3. The predicted molar refractivity (Wildman–Crippen MR) is 121 cm³/mol. The molecular formula is C23H23BrClFN2O3. The highest BCUT2D eigenvalue weighted by Crippen LogP contribution is 2.57.